The molecule has 0 amide bonds. The van der Waals surface area contributed by atoms with Crippen LogP contribution < -0.4 is 5.73 Å². The van der Waals surface area contributed by atoms with Crippen LogP contribution in [0, 0.1) is 0 Å². The van der Waals surface area contributed by atoms with Gasteiger partial charge in [0.25, 0.3) is 0 Å². The highest BCUT2D eigenvalue weighted by Crippen LogP contribution is 2.17. The maximum absolute atomic E-state index is 5.78. The van der Waals surface area contributed by atoms with Gasteiger partial charge < -0.3 is 10.6 Å². The van der Waals surface area contributed by atoms with Gasteiger partial charge in [0, 0.05) is 31.4 Å². The summed E-state index contributed by atoms with van der Waals surface area (Å²) in [4.78, 5) is 4.82. The van der Waals surface area contributed by atoms with E-state index in [0.29, 0.717) is 6.04 Å². The van der Waals surface area contributed by atoms with Gasteiger partial charge in [0.05, 0.1) is 0 Å². The van der Waals surface area contributed by atoms with E-state index in [9.17, 15) is 0 Å². The Bertz CT molecular complexity index is 349. The van der Waals surface area contributed by atoms with Crippen molar-refractivity contribution in [3.05, 3.63) is 29.8 Å². The van der Waals surface area contributed by atoms with Gasteiger partial charge >= 0.3 is 0 Å². The van der Waals surface area contributed by atoms with E-state index in [4.69, 9.17) is 5.73 Å². The Morgan fingerprint density at radius 2 is 2.25 bits per heavy atom. The lowest BCUT2D eigenvalue weighted by Gasteiger charge is -2.20. The first-order valence-corrected chi connectivity index (χ1v) is 5.88. The minimum Gasteiger partial charge on any atom is -0.399 e. The lowest BCUT2D eigenvalue weighted by atomic mass is 10.2. The number of benzene rings is 1. The van der Waals surface area contributed by atoms with Crippen LogP contribution in [0.15, 0.2) is 24.3 Å². The highest BCUT2D eigenvalue weighted by molar-refractivity contribution is 5.40. The number of nitrogens with zero attached hydrogens (tertiary/aromatic N) is 2. The Morgan fingerprint density at radius 3 is 2.88 bits per heavy atom. The molecule has 1 fully saturated rings. The van der Waals surface area contributed by atoms with Gasteiger partial charge in [-0.15, -0.1) is 0 Å². The normalized spacial score (nSPS) is 21.8. The zero-order valence-corrected chi connectivity index (χ0v) is 10.2. The van der Waals surface area contributed by atoms with Gasteiger partial charge in [-0.25, -0.2) is 0 Å². The second-order valence-electron chi connectivity index (χ2n) is 4.89. The van der Waals surface area contributed by atoms with Gasteiger partial charge in [-0.2, -0.15) is 0 Å². The monoisotopic (exact) mass is 219 g/mol. The molecular formula is C13H21N3. The second kappa shape index (κ2) is 4.85. The van der Waals surface area contributed by atoms with Crippen LogP contribution in [0.25, 0.3) is 0 Å². The summed E-state index contributed by atoms with van der Waals surface area (Å²) in [6, 6.07) is 8.91. The average molecular weight is 219 g/mol. The molecule has 1 atom stereocenters. The van der Waals surface area contributed by atoms with Crippen LogP contribution in [0.5, 0.6) is 0 Å². The Hall–Kier alpha value is -1.06. The van der Waals surface area contributed by atoms with Crippen LogP contribution in [-0.2, 0) is 6.54 Å². The maximum atomic E-state index is 5.78. The fourth-order valence-corrected chi connectivity index (χ4v) is 2.33. The Balaban J connectivity index is 1.92. The molecule has 1 aliphatic heterocycles. The highest BCUT2D eigenvalue weighted by Gasteiger charge is 2.23. The van der Waals surface area contributed by atoms with Crippen LogP contribution in [0.4, 0.5) is 5.69 Å². The molecule has 1 saturated heterocycles. The summed E-state index contributed by atoms with van der Waals surface area (Å²) in [7, 11) is 4.32. The van der Waals surface area contributed by atoms with Gasteiger partial charge in [-0.05, 0) is 38.2 Å². The standard InChI is InChI=1S/C13H21N3/c1-15(2)13-6-7-16(10-13)9-11-4-3-5-12(14)8-11/h3-5,8,13H,6-7,9-10,14H2,1-2H3/t13-/m0/s1. The van der Waals surface area contributed by atoms with E-state index in [-0.39, 0.29) is 0 Å². The second-order valence-corrected chi connectivity index (χ2v) is 4.89. The van der Waals surface area contributed by atoms with E-state index < -0.39 is 0 Å². The van der Waals surface area contributed by atoms with Gasteiger partial charge in [-0.1, -0.05) is 12.1 Å². The zero-order valence-electron chi connectivity index (χ0n) is 10.2. The van der Waals surface area contributed by atoms with Gasteiger partial charge in [-0.3, -0.25) is 4.90 Å². The SMILES string of the molecule is CN(C)[C@H]1CCN(Cc2cccc(N)c2)C1. The molecule has 0 aliphatic carbocycles. The van der Waals surface area contributed by atoms with Crippen molar-refractivity contribution in [1.82, 2.24) is 9.80 Å². The Kier molecular flexibility index (Phi) is 3.46. The molecule has 0 radical (unpaired) electrons. The van der Waals surface area contributed by atoms with E-state index in [0.717, 1.165) is 12.2 Å². The molecular weight excluding hydrogens is 198 g/mol. The molecule has 1 aliphatic rings. The first-order valence-electron chi connectivity index (χ1n) is 5.88. The largest absolute Gasteiger partial charge is 0.399 e. The van der Waals surface area contributed by atoms with Crippen molar-refractivity contribution in [3.8, 4) is 0 Å². The van der Waals surface area contributed by atoms with E-state index in [1.54, 1.807) is 0 Å². The molecule has 1 aromatic carbocycles. The summed E-state index contributed by atoms with van der Waals surface area (Å²) in [5, 5.41) is 0. The van der Waals surface area contributed by atoms with E-state index >= 15 is 0 Å². The van der Waals surface area contributed by atoms with E-state index in [1.807, 2.05) is 12.1 Å². The van der Waals surface area contributed by atoms with E-state index in [2.05, 4.69) is 36.0 Å². The number of hydrogen-bond acceptors (Lipinski definition) is 3. The van der Waals surface area contributed by atoms with Crippen molar-refractivity contribution in [2.24, 2.45) is 0 Å². The molecule has 88 valence electrons. The van der Waals surface area contributed by atoms with Crippen molar-refractivity contribution in [2.75, 3.05) is 32.9 Å². The zero-order chi connectivity index (χ0) is 11.5. The van der Waals surface area contributed by atoms with Crippen molar-refractivity contribution >= 4 is 5.69 Å². The lowest BCUT2D eigenvalue weighted by Crippen LogP contribution is -2.31. The number of likely N-dealkylation sites (N-methyl/N-ethyl adjacent to an activating group) is 1. The third kappa shape index (κ3) is 2.74. The molecule has 3 heteroatoms. The molecule has 1 aromatic rings. The third-order valence-electron chi connectivity index (χ3n) is 3.34. The highest BCUT2D eigenvalue weighted by atomic mass is 15.2. The number of nitrogens with two attached hydrogens (primary N) is 1. The molecule has 0 bridgehead atoms. The minimum absolute atomic E-state index is 0.709. The summed E-state index contributed by atoms with van der Waals surface area (Å²) >= 11 is 0. The molecule has 16 heavy (non-hydrogen) atoms. The smallest absolute Gasteiger partial charge is 0.0317 e. The third-order valence-corrected chi connectivity index (χ3v) is 3.34. The first kappa shape index (κ1) is 11.4. The van der Waals surface area contributed by atoms with Crippen molar-refractivity contribution < 1.29 is 0 Å². The van der Waals surface area contributed by atoms with Crippen LogP contribution in [-0.4, -0.2) is 43.0 Å². The Labute approximate surface area is 97.8 Å². The summed E-state index contributed by atoms with van der Waals surface area (Å²) < 4.78 is 0. The molecule has 2 N–H and O–H groups in total. The first-order chi connectivity index (χ1) is 7.65. The molecule has 3 nitrogen and oxygen atoms in total. The summed E-state index contributed by atoms with van der Waals surface area (Å²) in [6.45, 7) is 3.38. The topological polar surface area (TPSA) is 32.5 Å². The molecule has 0 spiro atoms. The number of nitrogen functional groups attached to an aromatic ring is 1. The van der Waals surface area contributed by atoms with Crippen molar-refractivity contribution in [1.29, 1.82) is 0 Å². The quantitative estimate of drug-likeness (QED) is 0.780. The maximum Gasteiger partial charge on any atom is 0.0317 e. The Morgan fingerprint density at radius 1 is 1.44 bits per heavy atom. The van der Waals surface area contributed by atoms with Gasteiger partial charge in [0.15, 0.2) is 0 Å². The van der Waals surface area contributed by atoms with Gasteiger partial charge in [0.2, 0.25) is 0 Å². The lowest BCUT2D eigenvalue weighted by molar-refractivity contribution is 0.265. The fourth-order valence-electron chi connectivity index (χ4n) is 2.33. The summed E-state index contributed by atoms with van der Waals surface area (Å²) in [5.74, 6) is 0. The summed E-state index contributed by atoms with van der Waals surface area (Å²) in [5.41, 5.74) is 7.96. The van der Waals surface area contributed by atoms with E-state index in [1.165, 1.54) is 25.1 Å². The number of likely N-dealkylation sites (tertiary alicyclic amines) is 1. The molecule has 1 heterocycles. The number of hydrogen-bond donors (Lipinski definition) is 1. The minimum atomic E-state index is 0.709. The number of rotatable bonds is 3. The predicted molar refractivity (Wildman–Crippen MR) is 68.2 cm³/mol. The predicted octanol–water partition coefficient (Wildman–Crippen LogP) is 1.40. The van der Waals surface area contributed by atoms with Crippen LogP contribution >= 0.6 is 0 Å². The van der Waals surface area contributed by atoms with Crippen LogP contribution in [0.1, 0.15) is 12.0 Å². The van der Waals surface area contributed by atoms with Crippen molar-refractivity contribution in [2.45, 2.75) is 19.0 Å². The fraction of sp³-hybridized carbons (Fsp3) is 0.538. The van der Waals surface area contributed by atoms with Crippen LogP contribution in [0.2, 0.25) is 0 Å². The molecule has 0 unspecified atom stereocenters. The van der Waals surface area contributed by atoms with Crippen molar-refractivity contribution in [3.63, 3.8) is 0 Å². The molecule has 2 rings (SSSR count). The average Bonchev–Trinajstić information content (AvgIpc) is 2.66. The van der Waals surface area contributed by atoms with Gasteiger partial charge in [0.1, 0.15) is 0 Å². The number of anilines is 1. The summed E-state index contributed by atoms with van der Waals surface area (Å²) in [6.07, 6.45) is 1.27. The van der Waals surface area contributed by atoms with Crippen LogP contribution in [0.3, 0.4) is 0 Å². The molecule has 0 saturated carbocycles. The molecule has 0 aromatic heterocycles.